The van der Waals surface area contributed by atoms with Gasteiger partial charge in [-0.1, -0.05) is 36.4 Å². The molecule has 0 atom stereocenters. The van der Waals surface area contributed by atoms with Gasteiger partial charge in [-0.15, -0.1) is 0 Å². The van der Waals surface area contributed by atoms with Gasteiger partial charge >= 0.3 is 5.97 Å². The fourth-order valence-corrected chi connectivity index (χ4v) is 3.81. The number of amides is 1. The first-order valence-electron chi connectivity index (χ1n) is 10.8. The van der Waals surface area contributed by atoms with Crippen LogP contribution in [0.25, 0.3) is 11.3 Å². The molecule has 34 heavy (non-hydrogen) atoms. The molecule has 0 spiro atoms. The van der Waals surface area contributed by atoms with Crippen LogP contribution in [0.4, 0.5) is 11.4 Å². The van der Waals surface area contributed by atoms with Crippen molar-refractivity contribution in [1.29, 1.82) is 0 Å². The van der Waals surface area contributed by atoms with Crippen LogP contribution in [0.3, 0.4) is 0 Å². The van der Waals surface area contributed by atoms with Crippen molar-refractivity contribution in [2.24, 2.45) is 5.73 Å². The molecule has 3 aromatic rings. The van der Waals surface area contributed by atoms with Crippen molar-refractivity contribution >= 4 is 40.3 Å². The Kier molecular flexibility index (Phi) is 6.56. The number of carbonyl (C=O) groups excluding carboxylic acids is 3. The molecule has 7 heteroatoms. The third-order valence-corrected chi connectivity index (χ3v) is 5.70. The lowest BCUT2D eigenvalue weighted by molar-refractivity contribution is -0.139. The summed E-state index contributed by atoms with van der Waals surface area (Å²) in [6.07, 6.45) is 0.175. The van der Waals surface area contributed by atoms with Gasteiger partial charge in [0.2, 0.25) is 0 Å². The molecule has 0 aliphatic carbocycles. The minimum absolute atomic E-state index is 0.0792. The maximum Gasteiger partial charge on any atom is 0.309 e. The highest BCUT2D eigenvalue weighted by Crippen LogP contribution is 2.38. The largest absolute Gasteiger partial charge is 0.469 e. The first kappa shape index (κ1) is 22.9. The van der Waals surface area contributed by atoms with E-state index in [2.05, 4.69) is 10.6 Å². The molecule has 4 rings (SSSR count). The lowest BCUT2D eigenvalue weighted by Crippen LogP contribution is -2.10. The lowest BCUT2D eigenvalue weighted by Gasteiger charge is -2.16. The molecule has 0 saturated carbocycles. The third-order valence-electron chi connectivity index (χ3n) is 5.70. The number of rotatable bonds is 7. The van der Waals surface area contributed by atoms with E-state index in [9.17, 15) is 14.4 Å². The Morgan fingerprint density at radius 3 is 2.21 bits per heavy atom. The third kappa shape index (κ3) is 4.74. The Balaban J connectivity index is 1.80. The molecule has 0 unspecified atom stereocenters. The van der Waals surface area contributed by atoms with Crippen molar-refractivity contribution in [2.75, 3.05) is 17.7 Å². The van der Waals surface area contributed by atoms with Crippen molar-refractivity contribution in [3.8, 4) is 0 Å². The molecule has 1 aliphatic heterocycles. The predicted molar refractivity (Wildman–Crippen MR) is 132 cm³/mol. The fourth-order valence-electron chi connectivity index (χ4n) is 3.81. The van der Waals surface area contributed by atoms with Gasteiger partial charge in [-0.3, -0.25) is 14.4 Å². The second-order valence-corrected chi connectivity index (χ2v) is 8.00. The molecule has 1 heterocycles. The Hall–Kier alpha value is -4.23. The number of Topliss-reactive ketones (excluding diaryl/α,β-unsaturated/α-hetero) is 1. The maximum atomic E-state index is 13.1. The number of ether oxygens (including phenoxy) is 1. The normalized spacial score (nSPS) is 13.7. The van der Waals surface area contributed by atoms with E-state index < -0.39 is 0 Å². The molecule has 0 radical (unpaired) electrons. The number of benzene rings is 3. The van der Waals surface area contributed by atoms with Gasteiger partial charge in [0.15, 0.2) is 5.78 Å². The number of nitrogens with two attached hydrogens (primary N) is 1. The molecule has 7 nitrogen and oxygen atoms in total. The summed E-state index contributed by atoms with van der Waals surface area (Å²) in [4.78, 5) is 36.6. The summed E-state index contributed by atoms with van der Waals surface area (Å²) < 4.78 is 4.73. The van der Waals surface area contributed by atoms with Crippen LogP contribution in [0.1, 0.15) is 39.5 Å². The summed E-state index contributed by atoms with van der Waals surface area (Å²) in [5.41, 5.74) is 11.9. The Morgan fingerprint density at radius 2 is 1.59 bits per heavy atom. The number of fused-ring (bicyclic) bond motifs is 1. The van der Waals surface area contributed by atoms with Gasteiger partial charge < -0.3 is 21.1 Å². The van der Waals surface area contributed by atoms with Crippen LogP contribution in [0.15, 0.2) is 66.7 Å². The molecular weight excluding hydrogens is 430 g/mol. The van der Waals surface area contributed by atoms with Crippen molar-refractivity contribution in [3.63, 3.8) is 0 Å². The van der Waals surface area contributed by atoms with Crippen molar-refractivity contribution in [1.82, 2.24) is 0 Å². The quantitative estimate of drug-likeness (QED) is 0.282. The number of hydrogen-bond donors (Lipinski definition) is 3. The van der Waals surface area contributed by atoms with Gasteiger partial charge in [0.1, 0.15) is 0 Å². The van der Waals surface area contributed by atoms with Crippen LogP contribution in [-0.4, -0.2) is 24.8 Å². The van der Waals surface area contributed by atoms with Crippen LogP contribution < -0.4 is 16.4 Å². The van der Waals surface area contributed by atoms with Crippen LogP contribution in [0.5, 0.6) is 0 Å². The van der Waals surface area contributed by atoms with Crippen molar-refractivity contribution in [2.45, 2.75) is 19.9 Å². The number of anilines is 2. The van der Waals surface area contributed by atoms with E-state index in [4.69, 9.17) is 10.5 Å². The van der Waals surface area contributed by atoms with E-state index in [1.807, 2.05) is 48.5 Å². The van der Waals surface area contributed by atoms with Crippen LogP contribution in [-0.2, 0) is 27.3 Å². The number of hydrogen-bond acceptors (Lipinski definition) is 6. The Labute approximate surface area is 197 Å². The standard InChI is InChI=1S/C27H25N3O4/c1-16(31)20-9-12-23-22(14-20)25(27(33)30-23)26(19-7-3-18(15-28)4-8-19)29-21-10-5-17(6-11-21)13-24(32)34-2/h3-12,14,29H,13,15,28H2,1-2H3,(H,30,33). The molecule has 0 fully saturated rings. The average Bonchev–Trinajstić information content (AvgIpc) is 3.18. The SMILES string of the molecule is COC(=O)Cc1ccc(NC(=C2C(=O)Nc3ccc(C(C)=O)cc32)c2ccc(CN)cc2)cc1. The number of carbonyl (C=O) groups is 3. The number of esters is 1. The highest BCUT2D eigenvalue weighted by molar-refractivity contribution is 6.37. The van der Waals surface area contributed by atoms with E-state index in [0.717, 1.165) is 22.4 Å². The lowest BCUT2D eigenvalue weighted by atomic mass is 9.97. The zero-order valence-corrected chi connectivity index (χ0v) is 19.0. The fraction of sp³-hybridized carbons (Fsp3) is 0.148. The summed E-state index contributed by atoms with van der Waals surface area (Å²) in [6.45, 7) is 1.91. The second kappa shape index (κ2) is 9.72. The maximum absolute atomic E-state index is 13.1. The molecule has 3 aromatic carbocycles. The van der Waals surface area contributed by atoms with Gasteiger partial charge in [-0.2, -0.15) is 0 Å². The summed E-state index contributed by atoms with van der Waals surface area (Å²) in [5.74, 6) is -0.656. The van der Waals surface area contributed by atoms with Crippen molar-refractivity contribution < 1.29 is 19.1 Å². The first-order chi connectivity index (χ1) is 16.4. The Morgan fingerprint density at radius 1 is 0.941 bits per heavy atom. The first-order valence-corrected chi connectivity index (χ1v) is 10.8. The topological polar surface area (TPSA) is 111 Å². The van der Waals surface area contributed by atoms with Gasteiger partial charge in [0, 0.05) is 29.0 Å². The van der Waals surface area contributed by atoms with E-state index in [1.165, 1.54) is 14.0 Å². The summed E-state index contributed by atoms with van der Waals surface area (Å²) in [7, 11) is 1.36. The van der Waals surface area contributed by atoms with Gasteiger partial charge in [0.05, 0.1) is 24.8 Å². The number of methoxy groups -OCH3 is 1. The zero-order chi connectivity index (χ0) is 24.2. The highest BCUT2D eigenvalue weighted by Gasteiger charge is 2.29. The zero-order valence-electron chi connectivity index (χ0n) is 19.0. The molecule has 1 amide bonds. The minimum atomic E-state index is -0.316. The van der Waals surface area contributed by atoms with Crippen LogP contribution in [0, 0.1) is 0 Å². The van der Waals surface area contributed by atoms with E-state index in [0.29, 0.717) is 34.6 Å². The molecule has 0 saturated heterocycles. The van der Waals surface area contributed by atoms with Crippen molar-refractivity contribution in [3.05, 3.63) is 94.5 Å². The number of nitrogens with one attached hydrogen (secondary N) is 2. The van der Waals surface area contributed by atoms with Gasteiger partial charge in [-0.05, 0) is 53.9 Å². The van der Waals surface area contributed by atoms with Crippen LogP contribution >= 0.6 is 0 Å². The average molecular weight is 456 g/mol. The monoisotopic (exact) mass is 455 g/mol. The van der Waals surface area contributed by atoms with Crippen LogP contribution in [0.2, 0.25) is 0 Å². The molecule has 4 N–H and O–H groups in total. The highest BCUT2D eigenvalue weighted by atomic mass is 16.5. The Bertz CT molecular complexity index is 1290. The molecule has 0 bridgehead atoms. The molecule has 1 aliphatic rings. The predicted octanol–water partition coefficient (Wildman–Crippen LogP) is 4.00. The van der Waals surface area contributed by atoms with E-state index in [1.54, 1.807) is 18.2 Å². The number of ketones is 1. The molecule has 0 aromatic heterocycles. The molecule has 172 valence electrons. The second-order valence-electron chi connectivity index (χ2n) is 8.00. The van der Waals surface area contributed by atoms with Gasteiger partial charge in [0.25, 0.3) is 5.91 Å². The van der Waals surface area contributed by atoms with E-state index >= 15 is 0 Å². The summed E-state index contributed by atoms with van der Waals surface area (Å²) in [5, 5.41) is 6.27. The molecular formula is C27H25N3O4. The minimum Gasteiger partial charge on any atom is -0.469 e. The van der Waals surface area contributed by atoms with E-state index in [-0.39, 0.29) is 24.1 Å². The summed E-state index contributed by atoms with van der Waals surface area (Å²) in [6, 6.07) is 20.2. The smallest absolute Gasteiger partial charge is 0.309 e. The van der Waals surface area contributed by atoms with Gasteiger partial charge in [-0.25, -0.2) is 0 Å². The summed E-state index contributed by atoms with van der Waals surface area (Å²) >= 11 is 0.